The summed E-state index contributed by atoms with van der Waals surface area (Å²) in [5.41, 5.74) is 2.86. The van der Waals surface area contributed by atoms with Crippen molar-refractivity contribution in [2.45, 2.75) is 6.92 Å². The standard InChI is InChI=1S/C19H21N5O2/c1-2-26-19(25)23-12-10-22(11-13-23)18-9-8-17-20-14-16(24(17)21-18)15-6-4-3-5-7-15/h3-9,14H,2,10-13H2,1H3. The summed E-state index contributed by atoms with van der Waals surface area (Å²) in [6, 6.07) is 14.1. The summed E-state index contributed by atoms with van der Waals surface area (Å²) >= 11 is 0. The molecular weight excluding hydrogens is 330 g/mol. The van der Waals surface area contributed by atoms with Gasteiger partial charge in [0.15, 0.2) is 5.65 Å². The molecule has 0 unspecified atom stereocenters. The minimum absolute atomic E-state index is 0.239. The predicted octanol–water partition coefficient (Wildman–Crippen LogP) is 2.67. The molecule has 0 N–H and O–H groups in total. The van der Waals surface area contributed by atoms with E-state index in [2.05, 4.69) is 22.0 Å². The number of hydrogen-bond donors (Lipinski definition) is 0. The van der Waals surface area contributed by atoms with Gasteiger partial charge in [-0.05, 0) is 19.1 Å². The van der Waals surface area contributed by atoms with E-state index in [4.69, 9.17) is 9.84 Å². The molecule has 1 fully saturated rings. The Morgan fingerprint density at radius 2 is 1.85 bits per heavy atom. The number of fused-ring (bicyclic) bond motifs is 1. The lowest BCUT2D eigenvalue weighted by Gasteiger charge is -2.34. The first-order chi connectivity index (χ1) is 12.8. The van der Waals surface area contributed by atoms with E-state index >= 15 is 0 Å². The van der Waals surface area contributed by atoms with Gasteiger partial charge in [-0.25, -0.2) is 14.3 Å². The van der Waals surface area contributed by atoms with E-state index in [1.54, 1.807) is 4.90 Å². The normalized spacial score (nSPS) is 14.7. The van der Waals surface area contributed by atoms with Crippen LogP contribution in [0.1, 0.15) is 6.92 Å². The van der Waals surface area contributed by atoms with Gasteiger partial charge in [0, 0.05) is 31.7 Å². The Morgan fingerprint density at radius 1 is 1.08 bits per heavy atom. The summed E-state index contributed by atoms with van der Waals surface area (Å²) < 4.78 is 6.95. The van der Waals surface area contributed by atoms with Crippen molar-refractivity contribution in [3.63, 3.8) is 0 Å². The molecule has 4 rings (SSSR count). The second kappa shape index (κ2) is 7.03. The predicted molar refractivity (Wildman–Crippen MR) is 99.2 cm³/mol. The number of imidazole rings is 1. The molecule has 0 aliphatic carbocycles. The first kappa shape index (κ1) is 16.4. The molecule has 3 aromatic rings. The van der Waals surface area contributed by atoms with Crippen LogP contribution in [0.3, 0.4) is 0 Å². The monoisotopic (exact) mass is 351 g/mol. The number of rotatable bonds is 3. The average Bonchev–Trinajstić information content (AvgIpc) is 3.12. The molecule has 0 bridgehead atoms. The van der Waals surface area contributed by atoms with Gasteiger partial charge < -0.3 is 14.5 Å². The molecule has 0 atom stereocenters. The average molecular weight is 351 g/mol. The number of benzene rings is 1. The van der Waals surface area contributed by atoms with Crippen LogP contribution in [-0.4, -0.2) is 58.4 Å². The van der Waals surface area contributed by atoms with Gasteiger partial charge in [-0.15, -0.1) is 5.10 Å². The Morgan fingerprint density at radius 3 is 2.58 bits per heavy atom. The van der Waals surface area contributed by atoms with Crippen molar-refractivity contribution in [2.24, 2.45) is 0 Å². The maximum atomic E-state index is 11.8. The van der Waals surface area contributed by atoms with Gasteiger partial charge >= 0.3 is 6.09 Å². The van der Waals surface area contributed by atoms with E-state index in [-0.39, 0.29) is 6.09 Å². The number of aromatic nitrogens is 3. The van der Waals surface area contributed by atoms with Gasteiger partial charge in [0.1, 0.15) is 5.82 Å². The van der Waals surface area contributed by atoms with Gasteiger partial charge in [-0.3, -0.25) is 0 Å². The summed E-state index contributed by atoms with van der Waals surface area (Å²) in [7, 11) is 0. The molecule has 0 spiro atoms. The molecule has 1 aliphatic heterocycles. The van der Waals surface area contributed by atoms with Crippen LogP contribution < -0.4 is 4.90 Å². The number of ether oxygens (including phenoxy) is 1. The van der Waals surface area contributed by atoms with Crippen LogP contribution in [0.15, 0.2) is 48.7 Å². The van der Waals surface area contributed by atoms with Crippen LogP contribution >= 0.6 is 0 Å². The third-order valence-corrected chi connectivity index (χ3v) is 4.55. The van der Waals surface area contributed by atoms with Crippen molar-refractivity contribution < 1.29 is 9.53 Å². The van der Waals surface area contributed by atoms with Gasteiger partial charge in [0.25, 0.3) is 0 Å². The third-order valence-electron chi connectivity index (χ3n) is 4.55. The molecule has 26 heavy (non-hydrogen) atoms. The van der Waals surface area contributed by atoms with Crippen molar-refractivity contribution >= 4 is 17.6 Å². The molecule has 1 aromatic carbocycles. The topological polar surface area (TPSA) is 63.0 Å². The highest BCUT2D eigenvalue weighted by atomic mass is 16.6. The van der Waals surface area contributed by atoms with Crippen LogP contribution in [0.5, 0.6) is 0 Å². The maximum absolute atomic E-state index is 11.8. The minimum atomic E-state index is -0.239. The zero-order valence-corrected chi connectivity index (χ0v) is 14.7. The molecule has 3 heterocycles. The summed E-state index contributed by atoms with van der Waals surface area (Å²) in [4.78, 5) is 20.2. The third kappa shape index (κ3) is 3.08. The first-order valence-electron chi connectivity index (χ1n) is 8.83. The van der Waals surface area contributed by atoms with E-state index < -0.39 is 0 Å². The Balaban J connectivity index is 1.56. The lowest BCUT2D eigenvalue weighted by Crippen LogP contribution is -2.49. The van der Waals surface area contributed by atoms with Crippen molar-refractivity contribution in [1.29, 1.82) is 0 Å². The first-order valence-corrected chi connectivity index (χ1v) is 8.83. The maximum Gasteiger partial charge on any atom is 0.409 e. The largest absolute Gasteiger partial charge is 0.450 e. The lowest BCUT2D eigenvalue weighted by molar-refractivity contribution is 0.105. The van der Waals surface area contributed by atoms with Crippen LogP contribution in [0.25, 0.3) is 16.9 Å². The molecule has 134 valence electrons. The quantitative estimate of drug-likeness (QED) is 0.726. The van der Waals surface area contributed by atoms with E-state index in [1.807, 2.05) is 48.0 Å². The van der Waals surface area contributed by atoms with Crippen LogP contribution in [0, 0.1) is 0 Å². The Labute approximate surface area is 151 Å². The second-order valence-electron chi connectivity index (χ2n) is 6.14. The number of hydrogen-bond acceptors (Lipinski definition) is 5. The summed E-state index contributed by atoms with van der Waals surface area (Å²) in [6.07, 6.45) is 1.61. The molecule has 0 saturated carbocycles. The molecule has 1 aliphatic rings. The lowest BCUT2D eigenvalue weighted by atomic mass is 10.2. The van der Waals surface area contributed by atoms with Crippen molar-refractivity contribution in [1.82, 2.24) is 19.5 Å². The fourth-order valence-corrected chi connectivity index (χ4v) is 3.17. The summed E-state index contributed by atoms with van der Waals surface area (Å²) in [6.45, 7) is 4.95. The SMILES string of the molecule is CCOC(=O)N1CCN(c2ccc3ncc(-c4ccccc4)n3n2)CC1. The van der Waals surface area contributed by atoms with Crippen molar-refractivity contribution in [3.8, 4) is 11.3 Å². The number of piperazine rings is 1. The Kier molecular flexibility index (Phi) is 4.43. The van der Waals surface area contributed by atoms with E-state index in [9.17, 15) is 4.79 Å². The number of nitrogens with zero attached hydrogens (tertiary/aromatic N) is 5. The van der Waals surface area contributed by atoms with Gasteiger partial charge in [-0.2, -0.15) is 0 Å². The van der Waals surface area contributed by atoms with Gasteiger partial charge in [0.05, 0.1) is 18.5 Å². The zero-order chi connectivity index (χ0) is 17.9. The van der Waals surface area contributed by atoms with Crippen LogP contribution in [0.2, 0.25) is 0 Å². The minimum Gasteiger partial charge on any atom is -0.450 e. The highest BCUT2D eigenvalue weighted by Gasteiger charge is 2.23. The smallest absolute Gasteiger partial charge is 0.409 e. The molecule has 1 saturated heterocycles. The number of amides is 1. The Bertz CT molecular complexity index is 901. The molecule has 1 amide bonds. The van der Waals surface area contributed by atoms with Crippen LogP contribution in [0.4, 0.5) is 10.6 Å². The van der Waals surface area contributed by atoms with Crippen LogP contribution in [-0.2, 0) is 4.74 Å². The fraction of sp³-hybridized carbons (Fsp3) is 0.316. The van der Waals surface area contributed by atoms with E-state index in [1.165, 1.54) is 0 Å². The van der Waals surface area contributed by atoms with E-state index in [0.717, 1.165) is 35.8 Å². The molecule has 2 aromatic heterocycles. The van der Waals surface area contributed by atoms with Gasteiger partial charge in [0.2, 0.25) is 0 Å². The van der Waals surface area contributed by atoms with Gasteiger partial charge in [-0.1, -0.05) is 30.3 Å². The number of carbonyl (C=O) groups is 1. The van der Waals surface area contributed by atoms with E-state index in [0.29, 0.717) is 19.7 Å². The van der Waals surface area contributed by atoms with Crippen molar-refractivity contribution in [3.05, 3.63) is 48.7 Å². The molecular formula is C19H21N5O2. The molecule has 0 radical (unpaired) electrons. The Hall–Kier alpha value is -3.09. The highest BCUT2D eigenvalue weighted by Crippen LogP contribution is 2.22. The highest BCUT2D eigenvalue weighted by molar-refractivity contribution is 5.68. The summed E-state index contributed by atoms with van der Waals surface area (Å²) in [5, 5.41) is 4.79. The fourth-order valence-electron chi connectivity index (χ4n) is 3.17. The number of anilines is 1. The molecule has 7 nitrogen and oxygen atoms in total. The number of carbonyl (C=O) groups excluding carboxylic acids is 1. The second-order valence-corrected chi connectivity index (χ2v) is 6.14. The zero-order valence-electron chi connectivity index (χ0n) is 14.7. The van der Waals surface area contributed by atoms with Crippen molar-refractivity contribution in [2.75, 3.05) is 37.7 Å². The molecule has 7 heteroatoms. The summed E-state index contributed by atoms with van der Waals surface area (Å²) in [5.74, 6) is 0.885.